The number of fused-ring (bicyclic) bond motifs is 2. The average molecular weight is 816 g/mol. The van der Waals surface area contributed by atoms with Crippen molar-refractivity contribution in [2.45, 2.75) is 63.4 Å². The van der Waals surface area contributed by atoms with E-state index in [2.05, 4.69) is 30.3 Å². The fraction of sp³-hybridized carbons (Fsp3) is 0.439. The second-order valence-electron chi connectivity index (χ2n) is 16.1. The van der Waals surface area contributed by atoms with Crippen molar-refractivity contribution in [1.82, 2.24) is 34.8 Å². The van der Waals surface area contributed by atoms with Crippen LogP contribution in [0.5, 0.6) is 0 Å². The molecule has 3 fully saturated rings. The highest BCUT2D eigenvalue weighted by atomic mass is 19.4. The number of alkyl halides is 3. The van der Waals surface area contributed by atoms with Gasteiger partial charge in [0.2, 0.25) is 11.8 Å². The number of piperazine rings is 1. The first-order chi connectivity index (χ1) is 28.0. The van der Waals surface area contributed by atoms with E-state index in [4.69, 9.17) is 5.10 Å². The van der Waals surface area contributed by atoms with Gasteiger partial charge in [-0.1, -0.05) is 6.07 Å². The van der Waals surface area contributed by atoms with Crippen LogP contribution in [0.4, 0.5) is 24.5 Å². The van der Waals surface area contributed by atoms with Gasteiger partial charge in [-0.25, -0.2) is 4.98 Å². The monoisotopic (exact) mass is 815 g/mol. The Labute approximate surface area is 337 Å². The van der Waals surface area contributed by atoms with Crippen molar-refractivity contribution >= 4 is 51.8 Å². The number of amides is 5. The number of imide groups is 2. The third-order valence-corrected chi connectivity index (χ3v) is 11.7. The van der Waals surface area contributed by atoms with E-state index in [-0.39, 0.29) is 35.7 Å². The standard InChI is InChI=1S/C41H44F3N9O6/c1-40(2,59)29-22-31-24(20-32(29)46-36(55)30-4-3-5-34(45-30)41(42,43)44)23-52(48-31)25-10-12-49(13-11-25)14-15-50-16-18-51(19-17-50)26-6-7-27-28(21-26)39(58)53(38(27)57)33-8-9-35(54)47-37(33)56/h3-7,20-23,25,33,59H,8-19H2,1-2H3,(H,46,55)(H,47,54,56). The van der Waals surface area contributed by atoms with E-state index in [1.807, 2.05) is 16.9 Å². The number of hydrogen-bond acceptors (Lipinski definition) is 11. The number of hydrogen-bond donors (Lipinski definition) is 3. The molecule has 3 saturated heterocycles. The molecule has 1 atom stereocenters. The van der Waals surface area contributed by atoms with E-state index in [0.717, 1.165) is 87.9 Å². The van der Waals surface area contributed by atoms with Crippen molar-refractivity contribution in [3.05, 3.63) is 82.8 Å². The summed E-state index contributed by atoms with van der Waals surface area (Å²) in [7, 11) is 0. The third-order valence-electron chi connectivity index (χ3n) is 11.7. The molecule has 59 heavy (non-hydrogen) atoms. The predicted octanol–water partition coefficient (Wildman–Crippen LogP) is 3.79. The first-order valence-electron chi connectivity index (χ1n) is 19.7. The Morgan fingerprint density at radius 2 is 1.58 bits per heavy atom. The van der Waals surface area contributed by atoms with Crippen molar-refractivity contribution in [3.63, 3.8) is 0 Å². The molecule has 0 bridgehead atoms. The summed E-state index contributed by atoms with van der Waals surface area (Å²) in [6.07, 6.45) is -0.897. The molecule has 2 aromatic heterocycles. The summed E-state index contributed by atoms with van der Waals surface area (Å²) in [5.74, 6) is -2.91. The Morgan fingerprint density at radius 1 is 0.881 bits per heavy atom. The van der Waals surface area contributed by atoms with Crippen LogP contribution < -0.4 is 15.5 Å². The third kappa shape index (κ3) is 8.16. The molecule has 3 N–H and O–H groups in total. The second kappa shape index (κ2) is 15.5. The number of carbonyl (C=O) groups excluding carboxylic acids is 5. The number of nitrogens with zero attached hydrogens (tertiary/aromatic N) is 7. The molecule has 310 valence electrons. The Balaban J connectivity index is 0.837. The molecular weight excluding hydrogens is 772 g/mol. The molecule has 0 aliphatic carbocycles. The minimum Gasteiger partial charge on any atom is -0.386 e. The SMILES string of the molecule is CC(C)(O)c1cc2nn(C3CCN(CCN4CCN(c5ccc6c(c5)C(=O)N(C5CCC(=O)NC5=O)C6=O)CC4)CC3)cc2cc1NC(=O)c1cccc(C(F)(F)F)n1. The highest BCUT2D eigenvalue weighted by molar-refractivity contribution is 6.23. The normalized spacial score (nSPS) is 20.1. The Kier molecular flexibility index (Phi) is 10.5. The van der Waals surface area contributed by atoms with Crippen LogP contribution in [0.15, 0.2) is 54.7 Å². The molecule has 1 unspecified atom stereocenters. The van der Waals surface area contributed by atoms with Crippen LogP contribution in [-0.2, 0) is 21.4 Å². The molecule has 4 aliphatic rings. The summed E-state index contributed by atoms with van der Waals surface area (Å²) < 4.78 is 41.6. The van der Waals surface area contributed by atoms with E-state index in [0.29, 0.717) is 16.5 Å². The Morgan fingerprint density at radius 3 is 2.25 bits per heavy atom. The topological polar surface area (TPSA) is 173 Å². The van der Waals surface area contributed by atoms with Crippen LogP contribution >= 0.6 is 0 Å². The molecular formula is C41H44F3N9O6. The summed E-state index contributed by atoms with van der Waals surface area (Å²) in [6.45, 7) is 9.80. The van der Waals surface area contributed by atoms with Gasteiger partial charge in [0.25, 0.3) is 17.7 Å². The quantitative estimate of drug-likeness (QED) is 0.210. The second-order valence-corrected chi connectivity index (χ2v) is 16.1. The largest absolute Gasteiger partial charge is 0.433 e. The van der Waals surface area contributed by atoms with Gasteiger partial charge in [-0.2, -0.15) is 18.3 Å². The fourth-order valence-corrected chi connectivity index (χ4v) is 8.37. The van der Waals surface area contributed by atoms with E-state index in [1.54, 1.807) is 38.1 Å². The van der Waals surface area contributed by atoms with E-state index in [9.17, 15) is 42.3 Å². The van der Waals surface area contributed by atoms with Gasteiger partial charge < -0.3 is 20.2 Å². The van der Waals surface area contributed by atoms with Crippen LogP contribution in [0, 0.1) is 0 Å². The molecule has 6 heterocycles. The molecule has 8 rings (SSSR count). The minimum absolute atomic E-state index is 0.0685. The minimum atomic E-state index is -4.70. The first kappa shape index (κ1) is 40.1. The summed E-state index contributed by atoms with van der Waals surface area (Å²) in [5.41, 5.74) is -0.361. The van der Waals surface area contributed by atoms with Crippen LogP contribution in [0.1, 0.15) is 88.0 Å². The van der Waals surface area contributed by atoms with Gasteiger partial charge in [-0.15, -0.1) is 0 Å². The van der Waals surface area contributed by atoms with Gasteiger partial charge in [0, 0.05) is 87.3 Å². The molecule has 4 aromatic rings. The van der Waals surface area contributed by atoms with Crippen molar-refractivity contribution in [2.75, 3.05) is 62.6 Å². The van der Waals surface area contributed by atoms with Crippen molar-refractivity contribution < 1.29 is 42.3 Å². The van der Waals surface area contributed by atoms with Crippen molar-refractivity contribution in [3.8, 4) is 0 Å². The highest BCUT2D eigenvalue weighted by Crippen LogP contribution is 2.35. The van der Waals surface area contributed by atoms with Crippen LogP contribution in [0.25, 0.3) is 10.9 Å². The van der Waals surface area contributed by atoms with Crippen LogP contribution in [0.2, 0.25) is 0 Å². The maximum absolute atomic E-state index is 13.3. The van der Waals surface area contributed by atoms with Gasteiger partial charge in [-0.05, 0) is 75.6 Å². The molecule has 0 saturated carbocycles. The lowest BCUT2D eigenvalue weighted by Crippen LogP contribution is -2.54. The number of likely N-dealkylation sites (tertiary alicyclic amines) is 1. The van der Waals surface area contributed by atoms with Crippen LogP contribution in [0.3, 0.4) is 0 Å². The lowest BCUT2D eigenvalue weighted by molar-refractivity contribution is -0.141. The number of halogens is 3. The molecule has 4 aliphatic heterocycles. The van der Waals surface area contributed by atoms with E-state index < -0.39 is 58.7 Å². The fourth-order valence-electron chi connectivity index (χ4n) is 8.37. The summed E-state index contributed by atoms with van der Waals surface area (Å²) in [6, 6.07) is 10.8. The average Bonchev–Trinajstić information content (AvgIpc) is 3.73. The number of pyridine rings is 1. The number of piperidine rings is 2. The zero-order valence-electron chi connectivity index (χ0n) is 32.6. The van der Waals surface area contributed by atoms with E-state index in [1.165, 1.54) is 6.07 Å². The zero-order chi connectivity index (χ0) is 41.8. The molecule has 5 amide bonds. The Bertz CT molecular complexity index is 2340. The number of carbonyl (C=O) groups is 5. The van der Waals surface area contributed by atoms with E-state index >= 15 is 0 Å². The number of aliphatic hydroxyl groups is 1. The van der Waals surface area contributed by atoms with Crippen LogP contribution in [-0.4, -0.2) is 123 Å². The zero-order valence-corrected chi connectivity index (χ0v) is 32.6. The number of rotatable bonds is 9. The van der Waals surface area contributed by atoms with Crippen molar-refractivity contribution in [1.29, 1.82) is 0 Å². The van der Waals surface area contributed by atoms with Gasteiger partial charge in [0.05, 0.1) is 28.3 Å². The molecule has 15 nitrogen and oxygen atoms in total. The molecule has 0 radical (unpaired) electrons. The molecule has 18 heteroatoms. The predicted molar refractivity (Wildman–Crippen MR) is 209 cm³/mol. The van der Waals surface area contributed by atoms with Crippen molar-refractivity contribution in [2.24, 2.45) is 0 Å². The number of nitrogens with one attached hydrogen (secondary N) is 2. The maximum atomic E-state index is 13.3. The maximum Gasteiger partial charge on any atom is 0.433 e. The number of anilines is 2. The summed E-state index contributed by atoms with van der Waals surface area (Å²) in [5, 5.41) is 21.4. The lowest BCUT2D eigenvalue weighted by Gasteiger charge is -2.38. The smallest absolute Gasteiger partial charge is 0.386 e. The van der Waals surface area contributed by atoms with Gasteiger partial charge in [0.1, 0.15) is 17.4 Å². The lowest BCUT2D eigenvalue weighted by atomic mass is 9.95. The highest BCUT2D eigenvalue weighted by Gasteiger charge is 2.45. The summed E-state index contributed by atoms with van der Waals surface area (Å²) >= 11 is 0. The van der Waals surface area contributed by atoms with Gasteiger partial charge >= 0.3 is 6.18 Å². The van der Waals surface area contributed by atoms with Gasteiger partial charge in [-0.3, -0.25) is 43.8 Å². The first-order valence-corrected chi connectivity index (χ1v) is 19.7. The number of aromatic nitrogens is 3. The van der Waals surface area contributed by atoms with Gasteiger partial charge in [0.15, 0.2) is 0 Å². The molecule has 2 aromatic carbocycles. The Hall–Kier alpha value is -5.72. The number of benzene rings is 2. The summed E-state index contributed by atoms with van der Waals surface area (Å²) in [4.78, 5) is 75.0. The molecule has 0 spiro atoms.